The van der Waals surface area contributed by atoms with Gasteiger partial charge in [-0.2, -0.15) is 0 Å². The fourth-order valence-electron chi connectivity index (χ4n) is 1.11. The van der Waals surface area contributed by atoms with Crippen molar-refractivity contribution in [1.29, 1.82) is 0 Å². The van der Waals surface area contributed by atoms with Crippen LogP contribution in [0.15, 0.2) is 15.0 Å². The van der Waals surface area contributed by atoms with Crippen LogP contribution < -0.4 is 0 Å². The lowest BCUT2D eigenvalue weighted by atomic mass is 10.4. The molecule has 1 rings (SSSR count). The van der Waals surface area contributed by atoms with E-state index in [1.807, 2.05) is 32.6 Å². The average molecular weight is 194 g/mol. The monoisotopic (exact) mass is 194 g/mol. The predicted octanol–water partition coefficient (Wildman–Crippen LogP) is 1.23. The second-order valence-corrected chi connectivity index (χ2v) is 3.43. The highest BCUT2D eigenvalue weighted by Crippen LogP contribution is 1.97. The van der Waals surface area contributed by atoms with E-state index in [1.54, 1.807) is 0 Å². The van der Waals surface area contributed by atoms with E-state index in [0.29, 0.717) is 0 Å². The summed E-state index contributed by atoms with van der Waals surface area (Å²) in [6.07, 6.45) is 6.71. The molecular weight excluding hydrogens is 176 g/mol. The Balaban J connectivity index is 2.65. The number of rotatable bonds is 0. The van der Waals surface area contributed by atoms with Gasteiger partial charge in [0.1, 0.15) is 6.17 Å². The molecule has 78 valence electrons. The van der Waals surface area contributed by atoms with Gasteiger partial charge in [0.15, 0.2) is 0 Å². The second-order valence-electron chi connectivity index (χ2n) is 3.43. The number of hydrogen-bond acceptors (Lipinski definition) is 4. The van der Waals surface area contributed by atoms with E-state index < -0.39 is 0 Å². The van der Waals surface area contributed by atoms with E-state index in [9.17, 15) is 0 Å². The van der Waals surface area contributed by atoms with Crippen molar-refractivity contribution in [3.8, 4) is 0 Å². The molecule has 0 aromatic heterocycles. The third-order valence-corrected chi connectivity index (χ3v) is 2.18. The zero-order chi connectivity index (χ0) is 10.4. The summed E-state index contributed by atoms with van der Waals surface area (Å²) in [6, 6.07) is 0. The van der Waals surface area contributed by atoms with Gasteiger partial charge in [-0.1, -0.05) is 0 Å². The van der Waals surface area contributed by atoms with Crippen LogP contribution in [-0.4, -0.2) is 49.5 Å². The summed E-state index contributed by atoms with van der Waals surface area (Å²) in [4.78, 5) is 15.1. The molecule has 1 aliphatic rings. The maximum Gasteiger partial charge on any atom is 0.136 e. The summed E-state index contributed by atoms with van der Waals surface area (Å²) >= 11 is 0. The summed E-state index contributed by atoms with van der Waals surface area (Å²) in [6.45, 7) is 4.87. The Hall–Kier alpha value is -1.03. The van der Waals surface area contributed by atoms with Crippen LogP contribution in [0.2, 0.25) is 0 Å². The molecule has 1 heterocycles. The molecule has 0 aromatic rings. The summed E-state index contributed by atoms with van der Waals surface area (Å²) < 4.78 is 0. The van der Waals surface area contributed by atoms with E-state index in [4.69, 9.17) is 0 Å². The van der Waals surface area contributed by atoms with Gasteiger partial charge in [-0.05, 0) is 20.9 Å². The molecule has 0 bridgehead atoms. The van der Waals surface area contributed by atoms with E-state index in [0.717, 1.165) is 13.0 Å². The van der Waals surface area contributed by atoms with Crippen molar-refractivity contribution < 1.29 is 0 Å². The molecule has 0 N–H and O–H groups in total. The Morgan fingerprint density at radius 2 is 1.71 bits per heavy atom. The van der Waals surface area contributed by atoms with Gasteiger partial charge in [0.2, 0.25) is 0 Å². The first-order valence-corrected chi connectivity index (χ1v) is 4.95. The van der Waals surface area contributed by atoms with Crippen LogP contribution in [0.1, 0.15) is 20.3 Å². The lowest BCUT2D eigenvalue weighted by Gasteiger charge is -2.18. The Morgan fingerprint density at radius 1 is 1.07 bits per heavy atom. The molecule has 0 saturated heterocycles. The molecule has 0 aromatic carbocycles. The first-order valence-electron chi connectivity index (χ1n) is 4.95. The molecule has 0 fully saturated rings. The smallest absolute Gasteiger partial charge is 0.136 e. The minimum atomic E-state index is 0.0326. The Bertz CT molecular complexity index is 245. The lowest BCUT2D eigenvalue weighted by molar-refractivity contribution is 0.304. The van der Waals surface area contributed by atoms with Crippen LogP contribution in [0.5, 0.6) is 0 Å². The van der Waals surface area contributed by atoms with E-state index >= 15 is 0 Å². The Labute approximate surface area is 85.5 Å². The molecular formula is C10H18N4. The summed E-state index contributed by atoms with van der Waals surface area (Å²) in [7, 11) is 2.04. The van der Waals surface area contributed by atoms with E-state index in [1.165, 1.54) is 0 Å². The standard InChI is InChI=1S/C10H18N4/c1-9-11-5-4-6-13-10(2)14(3)8-7-12-9/h5-7,9-10H,4,8H2,1-3H3/b11-5-,12-7-,13-6-. The lowest BCUT2D eigenvalue weighted by Crippen LogP contribution is -2.29. The largest absolute Gasteiger partial charge is 0.280 e. The molecule has 0 amide bonds. The molecule has 2 atom stereocenters. The van der Waals surface area contributed by atoms with Gasteiger partial charge in [0.05, 0.1) is 6.17 Å². The highest BCUT2D eigenvalue weighted by molar-refractivity contribution is 5.79. The zero-order valence-corrected chi connectivity index (χ0v) is 9.09. The zero-order valence-electron chi connectivity index (χ0n) is 9.09. The Kier molecular flexibility index (Phi) is 4.46. The van der Waals surface area contributed by atoms with Crippen molar-refractivity contribution in [2.24, 2.45) is 15.0 Å². The summed E-state index contributed by atoms with van der Waals surface area (Å²) in [5.41, 5.74) is 0. The summed E-state index contributed by atoms with van der Waals surface area (Å²) in [5.74, 6) is 0. The van der Waals surface area contributed by atoms with Gasteiger partial charge < -0.3 is 0 Å². The number of hydrogen-bond donors (Lipinski definition) is 0. The van der Waals surface area contributed by atoms with Crippen LogP contribution >= 0.6 is 0 Å². The minimum Gasteiger partial charge on any atom is -0.280 e. The molecule has 4 nitrogen and oxygen atoms in total. The van der Waals surface area contributed by atoms with Crippen molar-refractivity contribution in [2.45, 2.75) is 32.6 Å². The molecule has 2 unspecified atom stereocenters. The van der Waals surface area contributed by atoms with Gasteiger partial charge >= 0.3 is 0 Å². The minimum absolute atomic E-state index is 0.0326. The van der Waals surface area contributed by atoms with Gasteiger partial charge in [0.25, 0.3) is 0 Å². The van der Waals surface area contributed by atoms with Gasteiger partial charge in [-0.3, -0.25) is 19.9 Å². The average Bonchev–Trinajstić information content (AvgIpc) is 2.18. The first-order chi connectivity index (χ1) is 6.70. The highest BCUT2D eigenvalue weighted by Gasteiger charge is 2.04. The fraction of sp³-hybridized carbons (Fsp3) is 0.700. The normalized spacial score (nSPS) is 37.1. The topological polar surface area (TPSA) is 40.3 Å². The van der Waals surface area contributed by atoms with E-state index in [-0.39, 0.29) is 12.3 Å². The maximum atomic E-state index is 4.38. The van der Waals surface area contributed by atoms with Crippen molar-refractivity contribution in [3.05, 3.63) is 0 Å². The Morgan fingerprint density at radius 3 is 2.50 bits per heavy atom. The van der Waals surface area contributed by atoms with Crippen LogP contribution in [-0.2, 0) is 0 Å². The first kappa shape index (κ1) is 11.0. The summed E-state index contributed by atoms with van der Waals surface area (Å²) in [5, 5.41) is 0. The highest BCUT2D eigenvalue weighted by atomic mass is 15.2. The molecule has 0 spiro atoms. The van der Waals surface area contributed by atoms with Crippen molar-refractivity contribution in [1.82, 2.24) is 4.90 Å². The van der Waals surface area contributed by atoms with Crippen LogP contribution in [0.3, 0.4) is 0 Å². The SMILES string of the molecule is CC1/N=C\C/C=N\C(C)N(C)C/C=N\1. The molecule has 14 heavy (non-hydrogen) atoms. The second kappa shape index (κ2) is 5.65. The van der Waals surface area contributed by atoms with Gasteiger partial charge in [-0.15, -0.1) is 0 Å². The third-order valence-electron chi connectivity index (χ3n) is 2.18. The van der Waals surface area contributed by atoms with Crippen molar-refractivity contribution in [3.63, 3.8) is 0 Å². The van der Waals surface area contributed by atoms with Crippen LogP contribution in [0.25, 0.3) is 0 Å². The maximum absolute atomic E-state index is 4.38. The van der Waals surface area contributed by atoms with E-state index in [2.05, 4.69) is 26.8 Å². The number of nitrogens with zero attached hydrogens (tertiary/aromatic N) is 4. The fourth-order valence-corrected chi connectivity index (χ4v) is 1.11. The molecule has 4 heteroatoms. The molecule has 0 saturated carbocycles. The molecule has 0 aliphatic carbocycles. The van der Waals surface area contributed by atoms with Crippen LogP contribution in [0.4, 0.5) is 0 Å². The van der Waals surface area contributed by atoms with Crippen molar-refractivity contribution >= 4 is 18.6 Å². The third kappa shape index (κ3) is 3.79. The van der Waals surface area contributed by atoms with Crippen LogP contribution in [0, 0.1) is 0 Å². The van der Waals surface area contributed by atoms with Gasteiger partial charge in [0, 0.05) is 31.6 Å². The quantitative estimate of drug-likeness (QED) is 0.571. The number of aliphatic imine (C=N–C) groups is 3. The van der Waals surface area contributed by atoms with Crippen molar-refractivity contribution in [2.75, 3.05) is 13.6 Å². The molecule has 1 aliphatic heterocycles. The molecule has 0 radical (unpaired) electrons. The predicted molar refractivity (Wildman–Crippen MR) is 61.6 cm³/mol. The van der Waals surface area contributed by atoms with Gasteiger partial charge in [-0.25, -0.2) is 0 Å².